The quantitative estimate of drug-likeness (QED) is 0.847. The van der Waals surface area contributed by atoms with Gasteiger partial charge in [0.1, 0.15) is 10.7 Å². The van der Waals surface area contributed by atoms with E-state index in [1.165, 1.54) is 37.9 Å². The van der Waals surface area contributed by atoms with Crippen molar-refractivity contribution in [1.29, 1.82) is 0 Å². The van der Waals surface area contributed by atoms with Gasteiger partial charge in [-0.2, -0.15) is 0 Å². The molecule has 0 spiro atoms. The molecule has 0 bridgehead atoms. The first kappa shape index (κ1) is 15.3. The summed E-state index contributed by atoms with van der Waals surface area (Å²) in [5.41, 5.74) is 7.86. The van der Waals surface area contributed by atoms with Crippen LogP contribution in [0.15, 0.2) is 18.2 Å². The fourth-order valence-corrected chi connectivity index (χ4v) is 3.02. The number of likely N-dealkylation sites (tertiary alicyclic amines) is 1. The zero-order valence-electron chi connectivity index (χ0n) is 12.4. The lowest BCUT2D eigenvalue weighted by molar-refractivity contribution is 0.175. The van der Waals surface area contributed by atoms with E-state index in [2.05, 4.69) is 24.0 Å². The minimum absolute atomic E-state index is 0.397. The zero-order chi connectivity index (χ0) is 14.5. The number of nitrogens with two attached hydrogens (primary N) is 1. The van der Waals surface area contributed by atoms with E-state index in [0.29, 0.717) is 4.99 Å². The molecule has 2 rings (SSSR count). The Morgan fingerprint density at radius 2 is 2.10 bits per heavy atom. The largest absolute Gasteiger partial charge is 0.496 e. The number of benzene rings is 1. The first-order valence-corrected chi connectivity index (χ1v) is 7.74. The number of piperidine rings is 1. The summed E-state index contributed by atoms with van der Waals surface area (Å²) >= 11 is 5.10. The Labute approximate surface area is 127 Å². The van der Waals surface area contributed by atoms with Gasteiger partial charge >= 0.3 is 0 Å². The molecular formula is C16H24N2OS. The molecular weight excluding hydrogens is 268 g/mol. The zero-order valence-corrected chi connectivity index (χ0v) is 13.2. The molecule has 0 amide bonds. The molecule has 0 unspecified atom stereocenters. The van der Waals surface area contributed by atoms with Crippen LogP contribution in [0.4, 0.5) is 0 Å². The molecule has 3 nitrogen and oxygen atoms in total. The maximum absolute atomic E-state index is 5.77. The monoisotopic (exact) mass is 292 g/mol. The topological polar surface area (TPSA) is 38.5 Å². The summed E-state index contributed by atoms with van der Waals surface area (Å²) in [5.74, 6) is 1.67. The summed E-state index contributed by atoms with van der Waals surface area (Å²) in [6, 6.07) is 6.13. The average Bonchev–Trinajstić information content (AvgIpc) is 2.48. The first-order chi connectivity index (χ1) is 9.63. The van der Waals surface area contributed by atoms with Crippen LogP contribution < -0.4 is 10.5 Å². The molecule has 1 aromatic rings. The fraction of sp³-hybridized carbons (Fsp3) is 0.562. The Morgan fingerprint density at radius 3 is 2.65 bits per heavy atom. The van der Waals surface area contributed by atoms with Crippen LogP contribution in [0.5, 0.6) is 5.75 Å². The van der Waals surface area contributed by atoms with Crippen molar-refractivity contribution < 1.29 is 4.74 Å². The number of hydrogen-bond donors (Lipinski definition) is 1. The second kappa shape index (κ2) is 7.04. The molecule has 0 atom stereocenters. The Hall–Kier alpha value is -1.13. The highest BCUT2D eigenvalue weighted by Crippen LogP contribution is 2.24. The van der Waals surface area contributed by atoms with Crippen molar-refractivity contribution in [3.8, 4) is 5.75 Å². The third kappa shape index (κ3) is 3.70. The van der Waals surface area contributed by atoms with Crippen molar-refractivity contribution in [2.24, 2.45) is 11.7 Å². The van der Waals surface area contributed by atoms with Crippen molar-refractivity contribution in [2.45, 2.75) is 32.7 Å². The highest BCUT2D eigenvalue weighted by Gasteiger charge is 2.18. The van der Waals surface area contributed by atoms with Gasteiger partial charge in [0.05, 0.1) is 12.7 Å². The van der Waals surface area contributed by atoms with E-state index in [9.17, 15) is 0 Å². The number of nitrogens with zero attached hydrogens (tertiary/aromatic N) is 1. The van der Waals surface area contributed by atoms with Crippen molar-refractivity contribution in [3.63, 3.8) is 0 Å². The molecule has 0 saturated carbocycles. The van der Waals surface area contributed by atoms with Crippen LogP contribution in [0.2, 0.25) is 0 Å². The second-order valence-corrected chi connectivity index (χ2v) is 5.97. The molecule has 1 aromatic carbocycles. The van der Waals surface area contributed by atoms with Crippen LogP contribution >= 0.6 is 12.2 Å². The molecule has 4 heteroatoms. The number of rotatable bonds is 5. The van der Waals surface area contributed by atoms with Crippen molar-refractivity contribution in [1.82, 2.24) is 4.90 Å². The second-order valence-electron chi connectivity index (χ2n) is 5.53. The summed E-state index contributed by atoms with van der Waals surface area (Å²) in [7, 11) is 1.65. The van der Waals surface area contributed by atoms with Gasteiger partial charge in [0.15, 0.2) is 0 Å². The molecule has 1 aliphatic rings. The number of ether oxygens (including phenoxy) is 1. The van der Waals surface area contributed by atoms with Crippen LogP contribution in [0.3, 0.4) is 0 Å². The van der Waals surface area contributed by atoms with Gasteiger partial charge in [0.2, 0.25) is 0 Å². The molecule has 2 N–H and O–H groups in total. The van der Waals surface area contributed by atoms with Gasteiger partial charge in [-0.15, -0.1) is 0 Å². The lowest BCUT2D eigenvalue weighted by atomic mass is 9.94. The lowest BCUT2D eigenvalue weighted by Gasteiger charge is -2.31. The summed E-state index contributed by atoms with van der Waals surface area (Å²) in [5, 5.41) is 0. The number of methoxy groups -OCH3 is 1. The van der Waals surface area contributed by atoms with Crippen LogP contribution in [0.25, 0.3) is 0 Å². The molecule has 1 aliphatic heterocycles. The summed E-state index contributed by atoms with van der Waals surface area (Å²) < 4.78 is 5.30. The first-order valence-electron chi connectivity index (χ1n) is 7.33. The Balaban J connectivity index is 2.03. The van der Waals surface area contributed by atoms with Crippen LogP contribution in [-0.2, 0) is 6.54 Å². The van der Waals surface area contributed by atoms with Crippen LogP contribution in [0, 0.1) is 5.92 Å². The minimum Gasteiger partial charge on any atom is -0.496 e. The molecule has 0 aliphatic carbocycles. The van der Waals surface area contributed by atoms with Gasteiger partial charge in [-0.1, -0.05) is 31.6 Å². The number of hydrogen-bond acceptors (Lipinski definition) is 3. The third-order valence-electron chi connectivity index (χ3n) is 4.22. The van der Waals surface area contributed by atoms with E-state index in [-0.39, 0.29) is 0 Å². The average molecular weight is 292 g/mol. The predicted octanol–water partition coefficient (Wildman–Crippen LogP) is 2.95. The van der Waals surface area contributed by atoms with Gasteiger partial charge in [-0.05, 0) is 49.5 Å². The standard InChI is InChI=1S/C16H24N2OS/c1-3-12-6-8-18(9-7-12)11-13-4-5-15(19-2)14(10-13)16(17)20/h4-5,10,12H,3,6-9,11H2,1-2H3,(H2,17,20). The molecule has 1 fully saturated rings. The molecule has 0 radical (unpaired) electrons. The summed E-state index contributed by atoms with van der Waals surface area (Å²) in [6.45, 7) is 5.63. The number of thiocarbonyl (C=S) groups is 1. The van der Waals surface area contributed by atoms with E-state index < -0.39 is 0 Å². The maximum atomic E-state index is 5.77. The Morgan fingerprint density at radius 1 is 1.40 bits per heavy atom. The fourth-order valence-electron chi connectivity index (χ4n) is 2.86. The smallest absolute Gasteiger partial charge is 0.129 e. The third-order valence-corrected chi connectivity index (χ3v) is 4.44. The van der Waals surface area contributed by atoms with Crippen molar-refractivity contribution in [2.75, 3.05) is 20.2 Å². The van der Waals surface area contributed by atoms with E-state index in [4.69, 9.17) is 22.7 Å². The molecule has 20 heavy (non-hydrogen) atoms. The van der Waals surface area contributed by atoms with Gasteiger partial charge < -0.3 is 10.5 Å². The van der Waals surface area contributed by atoms with Gasteiger partial charge in [0.25, 0.3) is 0 Å². The molecule has 110 valence electrons. The van der Waals surface area contributed by atoms with Gasteiger partial charge in [-0.25, -0.2) is 0 Å². The molecule has 0 aromatic heterocycles. The minimum atomic E-state index is 0.397. The van der Waals surface area contributed by atoms with E-state index in [1.54, 1.807) is 7.11 Å². The van der Waals surface area contributed by atoms with Crippen molar-refractivity contribution in [3.05, 3.63) is 29.3 Å². The SMILES string of the molecule is CCC1CCN(Cc2ccc(OC)c(C(N)=S)c2)CC1. The Kier molecular flexibility index (Phi) is 5.38. The van der Waals surface area contributed by atoms with Crippen LogP contribution in [-0.4, -0.2) is 30.1 Å². The normalized spacial score (nSPS) is 17.1. The highest BCUT2D eigenvalue weighted by atomic mass is 32.1. The predicted molar refractivity (Wildman–Crippen MR) is 87.2 cm³/mol. The molecule has 1 heterocycles. The summed E-state index contributed by atoms with van der Waals surface area (Å²) in [6.07, 6.45) is 3.94. The van der Waals surface area contributed by atoms with Crippen LogP contribution in [0.1, 0.15) is 37.3 Å². The lowest BCUT2D eigenvalue weighted by Crippen LogP contribution is -2.33. The Bertz CT molecular complexity index is 468. The van der Waals surface area contributed by atoms with Gasteiger partial charge in [0, 0.05) is 6.54 Å². The maximum Gasteiger partial charge on any atom is 0.129 e. The highest BCUT2D eigenvalue weighted by molar-refractivity contribution is 7.80. The van der Waals surface area contributed by atoms with Gasteiger partial charge in [-0.3, -0.25) is 4.90 Å². The van der Waals surface area contributed by atoms with E-state index in [1.807, 2.05) is 6.07 Å². The molecule has 1 saturated heterocycles. The van der Waals surface area contributed by atoms with Crippen molar-refractivity contribution >= 4 is 17.2 Å². The van der Waals surface area contributed by atoms with E-state index in [0.717, 1.165) is 23.8 Å². The van der Waals surface area contributed by atoms with E-state index >= 15 is 0 Å². The summed E-state index contributed by atoms with van der Waals surface area (Å²) in [4.78, 5) is 2.91.